The maximum Gasteiger partial charge on any atom is 0.417 e. The lowest BCUT2D eigenvalue weighted by atomic mass is 10.0. The zero-order valence-corrected chi connectivity index (χ0v) is 14.9. The van der Waals surface area contributed by atoms with E-state index >= 15 is 0 Å². The molecule has 2 aromatic rings. The normalized spacial score (nSPS) is 12.1. The van der Waals surface area contributed by atoms with E-state index < -0.39 is 46.6 Å². The minimum absolute atomic E-state index is 0.0958. The number of aliphatic carboxylic acids is 1. The molecule has 154 valence electrons. The van der Waals surface area contributed by atoms with Crippen molar-refractivity contribution in [1.29, 1.82) is 0 Å². The molecular formula is C18H15F3N2O6. The molecule has 0 aromatic heterocycles. The summed E-state index contributed by atoms with van der Waals surface area (Å²) in [7, 11) is 1.26. The van der Waals surface area contributed by atoms with Crippen LogP contribution in [0.4, 0.5) is 18.9 Å². The lowest BCUT2D eigenvalue weighted by molar-refractivity contribution is -0.384. The summed E-state index contributed by atoms with van der Waals surface area (Å²) in [6, 6.07) is 5.76. The lowest BCUT2D eigenvalue weighted by Gasteiger charge is -2.18. The standard InChI is InChI=1S/C18H15F3N2O6/c1-29-15-7-6-11(23(27)28)8-10(15)9-14(17(25)26)22-16(24)12-4-2-3-5-13(12)18(19,20)21/h2-8,14H,9H2,1H3,(H,22,24)(H,25,26)/t14-/m0/s1. The van der Waals surface area contributed by atoms with Gasteiger partial charge >= 0.3 is 12.1 Å². The second-order valence-corrected chi connectivity index (χ2v) is 5.87. The molecule has 2 aromatic carbocycles. The summed E-state index contributed by atoms with van der Waals surface area (Å²) in [5, 5.41) is 22.4. The second kappa shape index (κ2) is 8.59. The summed E-state index contributed by atoms with van der Waals surface area (Å²) >= 11 is 0. The molecule has 0 saturated heterocycles. The Morgan fingerprint density at radius 1 is 1.24 bits per heavy atom. The zero-order valence-electron chi connectivity index (χ0n) is 14.9. The van der Waals surface area contributed by atoms with Crippen LogP contribution in [0.15, 0.2) is 42.5 Å². The molecule has 0 radical (unpaired) electrons. The van der Waals surface area contributed by atoms with Crippen LogP contribution in [0.25, 0.3) is 0 Å². The van der Waals surface area contributed by atoms with Crippen molar-refractivity contribution in [3.05, 3.63) is 69.3 Å². The summed E-state index contributed by atoms with van der Waals surface area (Å²) in [4.78, 5) is 34.1. The summed E-state index contributed by atoms with van der Waals surface area (Å²) < 4.78 is 44.3. The fourth-order valence-electron chi connectivity index (χ4n) is 2.62. The maximum absolute atomic E-state index is 13.1. The minimum Gasteiger partial charge on any atom is -0.496 e. The van der Waals surface area contributed by atoms with Crippen molar-refractivity contribution < 1.29 is 37.5 Å². The van der Waals surface area contributed by atoms with E-state index in [1.807, 2.05) is 5.32 Å². The van der Waals surface area contributed by atoms with E-state index in [9.17, 15) is 38.0 Å². The van der Waals surface area contributed by atoms with Gasteiger partial charge in [0.1, 0.15) is 11.8 Å². The third-order valence-corrected chi connectivity index (χ3v) is 3.98. The van der Waals surface area contributed by atoms with E-state index in [0.717, 1.165) is 24.3 Å². The number of nitro groups is 1. The van der Waals surface area contributed by atoms with Gasteiger partial charge in [0.05, 0.1) is 23.2 Å². The number of ether oxygens (including phenoxy) is 1. The van der Waals surface area contributed by atoms with E-state index in [1.54, 1.807) is 0 Å². The van der Waals surface area contributed by atoms with Gasteiger partial charge in [-0.25, -0.2) is 4.79 Å². The second-order valence-electron chi connectivity index (χ2n) is 5.87. The van der Waals surface area contributed by atoms with Gasteiger partial charge in [-0.2, -0.15) is 13.2 Å². The molecular weight excluding hydrogens is 397 g/mol. The molecule has 11 heteroatoms. The van der Waals surface area contributed by atoms with Crippen LogP contribution >= 0.6 is 0 Å². The Bertz CT molecular complexity index is 945. The molecule has 0 unspecified atom stereocenters. The molecule has 29 heavy (non-hydrogen) atoms. The Kier molecular flexibility index (Phi) is 6.42. The molecule has 0 heterocycles. The fourth-order valence-corrected chi connectivity index (χ4v) is 2.62. The maximum atomic E-state index is 13.1. The van der Waals surface area contributed by atoms with Crippen LogP contribution in [0.5, 0.6) is 5.75 Å². The van der Waals surface area contributed by atoms with E-state index in [1.165, 1.54) is 19.2 Å². The summed E-state index contributed by atoms with van der Waals surface area (Å²) in [5.41, 5.74) is -2.19. The number of non-ortho nitro benzene ring substituents is 1. The molecule has 0 spiro atoms. The van der Waals surface area contributed by atoms with Crippen LogP contribution < -0.4 is 10.1 Å². The molecule has 0 aliphatic rings. The first-order chi connectivity index (χ1) is 13.5. The SMILES string of the molecule is COc1ccc([N+](=O)[O-])cc1C[C@H](NC(=O)c1ccccc1C(F)(F)F)C(=O)O. The predicted octanol–water partition coefficient (Wildman–Crippen LogP) is 3.05. The smallest absolute Gasteiger partial charge is 0.417 e. The highest BCUT2D eigenvalue weighted by Gasteiger charge is 2.35. The number of hydrogen-bond acceptors (Lipinski definition) is 5. The number of nitrogens with one attached hydrogen (secondary N) is 1. The van der Waals surface area contributed by atoms with Crippen LogP contribution in [0.1, 0.15) is 21.5 Å². The van der Waals surface area contributed by atoms with Crippen molar-refractivity contribution in [2.75, 3.05) is 7.11 Å². The number of halogens is 3. The van der Waals surface area contributed by atoms with Crippen molar-refractivity contribution in [3.8, 4) is 5.75 Å². The number of carbonyl (C=O) groups excluding carboxylic acids is 1. The van der Waals surface area contributed by atoms with Crippen LogP contribution in [0, 0.1) is 10.1 Å². The van der Waals surface area contributed by atoms with Crippen LogP contribution in [-0.4, -0.2) is 35.1 Å². The van der Waals surface area contributed by atoms with Gasteiger partial charge < -0.3 is 15.2 Å². The highest BCUT2D eigenvalue weighted by Crippen LogP contribution is 2.32. The Morgan fingerprint density at radius 2 is 1.90 bits per heavy atom. The number of hydrogen-bond donors (Lipinski definition) is 2. The number of rotatable bonds is 7. The first kappa shape index (κ1) is 21.7. The van der Waals surface area contributed by atoms with Crippen molar-refractivity contribution in [2.45, 2.75) is 18.6 Å². The molecule has 0 aliphatic heterocycles. The average Bonchev–Trinajstić information content (AvgIpc) is 2.66. The number of methoxy groups -OCH3 is 1. The van der Waals surface area contributed by atoms with Gasteiger partial charge in [-0.1, -0.05) is 12.1 Å². The van der Waals surface area contributed by atoms with E-state index in [2.05, 4.69) is 0 Å². The third-order valence-electron chi connectivity index (χ3n) is 3.98. The average molecular weight is 412 g/mol. The van der Waals surface area contributed by atoms with Gasteiger partial charge in [0.2, 0.25) is 0 Å². The van der Waals surface area contributed by atoms with Crippen LogP contribution in [-0.2, 0) is 17.4 Å². The Morgan fingerprint density at radius 3 is 2.45 bits per heavy atom. The van der Waals surface area contributed by atoms with Gasteiger partial charge in [0.25, 0.3) is 11.6 Å². The molecule has 8 nitrogen and oxygen atoms in total. The van der Waals surface area contributed by atoms with Crippen molar-refractivity contribution in [2.24, 2.45) is 0 Å². The molecule has 1 amide bonds. The number of carboxylic acids is 1. The molecule has 2 rings (SSSR count). The number of nitro benzene ring substituents is 1. The highest BCUT2D eigenvalue weighted by atomic mass is 19.4. The van der Waals surface area contributed by atoms with Crippen LogP contribution in [0.3, 0.4) is 0 Å². The van der Waals surface area contributed by atoms with E-state index in [0.29, 0.717) is 6.07 Å². The van der Waals surface area contributed by atoms with Crippen molar-refractivity contribution in [1.82, 2.24) is 5.32 Å². The third kappa shape index (κ3) is 5.21. The predicted molar refractivity (Wildman–Crippen MR) is 93.7 cm³/mol. The highest BCUT2D eigenvalue weighted by molar-refractivity contribution is 5.98. The molecule has 0 aliphatic carbocycles. The summed E-state index contributed by atoms with van der Waals surface area (Å²) in [6.07, 6.45) is -5.25. The largest absolute Gasteiger partial charge is 0.496 e. The number of carboxylic acid groups (broad SMARTS) is 1. The molecule has 2 N–H and O–H groups in total. The number of carbonyl (C=O) groups is 2. The number of benzene rings is 2. The van der Waals surface area contributed by atoms with Gasteiger partial charge in [0, 0.05) is 24.1 Å². The van der Waals surface area contributed by atoms with Gasteiger partial charge in [0.15, 0.2) is 0 Å². The first-order valence-corrected chi connectivity index (χ1v) is 8.05. The topological polar surface area (TPSA) is 119 Å². The first-order valence-electron chi connectivity index (χ1n) is 8.05. The quantitative estimate of drug-likeness (QED) is 0.533. The molecule has 1 atom stereocenters. The number of alkyl halides is 3. The van der Waals surface area contributed by atoms with E-state index in [4.69, 9.17) is 4.74 Å². The number of amides is 1. The molecule has 0 fully saturated rings. The molecule has 0 saturated carbocycles. The van der Waals surface area contributed by atoms with Gasteiger partial charge in [-0.05, 0) is 18.2 Å². The zero-order chi connectivity index (χ0) is 21.8. The number of nitrogens with zero attached hydrogens (tertiary/aromatic N) is 1. The monoisotopic (exact) mass is 412 g/mol. The summed E-state index contributed by atoms with van der Waals surface area (Å²) in [6.45, 7) is 0. The van der Waals surface area contributed by atoms with Gasteiger partial charge in [-0.15, -0.1) is 0 Å². The Labute approximate surface area is 162 Å². The van der Waals surface area contributed by atoms with Crippen molar-refractivity contribution in [3.63, 3.8) is 0 Å². The minimum atomic E-state index is -4.81. The van der Waals surface area contributed by atoms with Crippen LogP contribution in [0.2, 0.25) is 0 Å². The van der Waals surface area contributed by atoms with Crippen molar-refractivity contribution >= 4 is 17.6 Å². The Balaban J connectivity index is 2.33. The lowest BCUT2D eigenvalue weighted by Crippen LogP contribution is -2.43. The van der Waals surface area contributed by atoms with E-state index in [-0.39, 0.29) is 17.0 Å². The van der Waals surface area contributed by atoms with Gasteiger partial charge in [-0.3, -0.25) is 14.9 Å². The fraction of sp³-hybridized carbons (Fsp3) is 0.222. The summed E-state index contributed by atoms with van der Waals surface area (Å²) in [5.74, 6) is -2.64. The Hall–Kier alpha value is -3.63. The molecule has 0 bridgehead atoms.